The maximum absolute atomic E-state index is 12.3. The molecule has 0 amide bonds. The molecule has 0 radical (unpaired) electrons. The molecule has 0 spiro atoms. The van der Waals surface area contributed by atoms with Gasteiger partial charge in [-0.3, -0.25) is 8.98 Å². The van der Waals surface area contributed by atoms with Gasteiger partial charge >= 0.3 is 5.97 Å². The van der Waals surface area contributed by atoms with E-state index in [2.05, 4.69) is 0 Å². The van der Waals surface area contributed by atoms with E-state index in [9.17, 15) is 13.2 Å². The Morgan fingerprint density at radius 3 is 2.41 bits per heavy atom. The lowest BCUT2D eigenvalue weighted by Gasteiger charge is -2.22. The molecule has 0 aliphatic heterocycles. The average molecular weight is 411 g/mol. The largest absolute Gasteiger partial charge is 0.460 e. The first-order valence-corrected chi connectivity index (χ1v) is 11.3. The highest BCUT2D eigenvalue weighted by atomic mass is 32.2. The van der Waals surface area contributed by atoms with Crippen molar-refractivity contribution in [2.24, 2.45) is 5.92 Å². The molecular weight excluding hydrogens is 384 g/mol. The molecule has 0 bridgehead atoms. The second-order valence-electron chi connectivity index (χ2n) is 7.46. The lowest BCUT2D eigenvalue weighted by molar-refractivity contribution is -0.156. The average Bonchev–Trinajstić information content (AvgIpc) is 3.04. The summed E-state index contributed by atoms with van der Waals surface area (Å²) in [6.45, 7) is 5.36. The molecule has 1 heterocycles. The van der Waals surface area contributed by atoms with Crippen LogP contribution in [0.4, 0.5) is 0 Å². The molecule has 1 aromatic heterocycles. The Bertz CT molecular complexity index is 806. The van der Waals surface area contributed by atoms with Crippen molar-refractivity contribution in [1.29, 1.82) is 0 Å². The Kier molecular flexibility index (Phi) is 7.59. The first-order valence-electron chi connectivity index (χ1n) is 8.77. The van der Waals surface area contributed by atoms with Crippen molar-refractivity contribution in [1.82, 2.24) is 0 Å². The van der Waals surface area contributed by atoms with Crippen molar-refractivity contribution in [2.45, 2.75) is 45.0 Å². The van der Waals surface area contributed by atoms with Gasteiger partial charge in [-0.05, 0) is 61.1 Å². The minimum absolute atomic E-state index is 0.0513. The number of hydrogen-bond donors (Lipinski definition) is 0. The van der Waals surface area contributed by atoms with E-state index in [1.807, 2.05) is 22.9 Å². The molecule has 7 heteroatoms. The third-order valence-corrected chi connectivity index (χ3v) is 5.56. The summed E-state index contributed by atoms with van der Waals surface area (Å²) in [5, 5.41) is 3.94. The number of thiophene rings is 1. The fourth-order valence-electron chi connectivity index (χ4n) is 2.57. The smallest absolute Gasteiger partial charge is 0.306 e. The standard InChI is InChI=1S/C20H26O5S2/c1-20(2,3)25-19(21)12-18(11-17-9-10-26-14-17)13-24-27(22,23)15-16-7-5-4-6-8-16/h4-10,14,18H,11-13,15H2,1-3H3. The molecule has 0 N–H and O–H groups in total. The van der Waals surface area contributed by atoms with E-state index in [4.69, 9.17) is 8.92 Å². The number of rotatable bonds is 9. The van der Waals surface area contributed by atoms with Crippen molar-refractivity contribution in [3.8, 4) is 0 Å². The van der Waals surface area contributed by atoms with E-state index in [1.165, 1.54) is 0 Å². The second-order valence-corrected chi connectivity index (χ2v) is 9.88. The number of hydrogen-bond acceptors (Lipinski definition) is 6. The Hall–Kier alpha value is -1.70. The third kappa shape index (κ3) is 8.69. The normalized spacial score (nSPS) is 13.3. The number of carbonyl (C=O) groups is 1. The molecule has 1 atom stereocenters. The molecule has 27 heavy (non-hydrogen) atoms. The summed E-state index contributed by atoms with van der Waals surface area (Å²) < 4.78 is 35.2. The first kappa shape index (κ1) is 21.6. The molecule has 2 rings (SSSR count). The van der Waals surface area contributed by atoms with Crippen LogP contribution in [0.5, 0.6) is 0 Å². The van der Waals surface area contributed by atoms with Gasteiger partial charge < -0.3 is 4.74 Å². The van der Waals surface area contributed by atoms with Crippen molar-refractivity contribution in [3.05, 3.63) is 58.3 Å². The molecule has 5 nitrogen and oxygen atoms in total. The molecule has 0 saturated carbocycles. The van der Waals surface area contributed by atoms with E-state index in [-0.39, 0.29) is 30.7 Å². The molecule has 1 unspecified atom stereocenters. The highest BCUT2D eigenvalue weighted by Gasteiger charge is 2.23. The summed E-state index contributed by atoms with van der Waals surface area (Å²) >= 11 is 1.56. The summed E-state index contributed by atoms with van der Waals surface area (Å²) in [5.74, 6) is -0.822. The van der Waals surface area contributed by atoms with Gasteiger partial charge in [0.05, 0.1) is 13.0 Å². The molecule has 0 saturated heterocycles. The summed E-state index contributed by atoms with van der Waals surface area (Å²) in [4.78, 5) is 12.2. The molecule has 0 aliphatic rings. The van der Waals surface area contributed by atoms with Gasteiger partial charge in [0.1, 0.15) is 11.4 Å². The fraction of sp³-hybridized carbons (Fsp3) is 0.450. The minimum atomic E-state index is -3.73. The van der Waals surface area contributed by atoms with Crippen LogP contribution >= 0.6 is 11.3 Å². The van der Waals surface area contributed by atoms with Crippen molar-refractivity contribution in [3.63, 3.8) is 0 Å². The molecule has 0 aliphatic carbocycles. The monoisotopic (exact) mass is 410 g/mol. The summed E-state index contributed by atoms with van der Waals surface area (Å²) in [5.41, 5.74) is 1.14. The molecule has 2 aromatic rings. The van der Waals surface area contributed by atoms with Crippen LogP contribution in [0.3, 0.4) is 0 Å². The van der Waals surface area contributed by atoms with E-state index < -0.39 is 15.7 Å². The van der Waals surface area contributed by atoms with Crippen LogP contribution in [0, 0.1) is 5.92 Å². The molecule has 148 valence electrons. The first-order chi connectivity index (χ1) is 12.6. The highest BCUT2D eigenvalue weighted by Crippen LogP contribution is 2.20. The van der Waals surface area contributed by atoms with Crippen molar-refractivity contribution in [2.75, 3.05) is 6.61 Å². The summed E-state index contributed by atoms with van der Waals surface area (Å²) in [6.07, 6.45) is 0.664. The Labute approximate surface area is 165 Å². The number of carbonyl (C=O) groups excluding carboxylic acids is 1. The lowest BCUT2D eigenvalue weighted by atomic mass is 9.99. The summed E-state index contributed by atoms with van der Waals surface area (Å²) in [7, 11) is -3.73. The maximum atomic E-state index is 12.3. The van der Waals surface area contributed by atoms with Crippen LogP contribution in [0.15, 0.2) is 47.2 Å². The van der Waals surface area contributed by atoms with Gasteiger partial charge in [0, 0.05) is 0 Å². The van der Waals surface area contributed by atoms with Crippen LogP contribution in [-0.4, -0.2) is 26.6 Å². The zero-order valence-corrected chi connectivity index (χ0v) is 17.5. The van der Waals surface area contributed by atoms with Gasteiger partial charge in [0.25, 0.3) is 10.1 Å². The number of ether oxygens (including phenoxy) is 1. The zero-order chi connectivity index (χ0) is 19.9. The van der Waals surface area contributed by atoms with Gasteiger partial charge in [0.2, 0.25) is 0 Å². The Balaban J connectivity index is 1.99. The van der Waals surface area contributed by atoms with E-state index in [0.717, 1.165) is 5.56 Å². The predicted octanol–water partition coefficient (Wildman–Crippen LogP) is 4.19. The topological polar surface area (TPSA) is 69.7 Å². The van der Waals surface area contributed by atoms with E-state index >= 15 is 0 Å². The van der Waals surface area contributed by atoms with Crippen molar-refractivity contribution < 1.29 is 22.1 Å². The van der Waals surface area contributed by atoms with Gasteiger partial charge in [-0.2, -0.15) is 19.8 Å². The number of benzene rings is 1. The van der Waals surface area contributed by atoms with Crippen molar-refractivity contribution >= 4 is 27.4 Å². The summed E-state index contributed by atoms with van der Waals surface area (Å²) in [6, 6.07) is 10.8. The van der Waals surface area contributed by atoms with Crippen LogP contribution in [-0.2, 0) is 36.0 Å². The van der Waals surface area contributed by atoms with Gasteiger partial charge in [-0.1, -0.05) is 30.3 Å². The van der Waals surface area contributed by atoms with Crippen LogP contribution < -0.4 is 0 Å². The van der Waals surface area contributed by atoms with Gasteiger partial charge in [-0.25, -0.2) is 0 Å². The second kappa shape index (κ2) is 9.48. The third-order valence-electron chi connectivity index (χ3n) is 3.65. The van der Waals surface area contributed by atoms with Crippen LogP contribution in [0.2, 0.25) is 0 Å². The minimum Gasteiger partial charge on any atom is -0.460 e. The van der Waals surface area contributed by atoms with Gasteiger partial charge in [-0.15, -0.1) is 0 Å². The molecule has 1 aromatic carbocycles. The Morgan fingerprint density at radius 1 is 1.11 bits per heavy atom. The molecule has 0 fully saturated rings. The SMILES string of the molecule is CC(C)(C)OC(=O)CC(COS(=O)(=O)Cc1ccccc1)Cc1ccsc1. The van der Waals surface area contributed by atoms with Crippen LogP contribution in [0.25, 0.3) is 0 Å². The quantitative estimate of drug-likeness (QED) is 0.458. The lowest BCUT2D eigenvalue weighted by Crippen LogP contribution is -2.27. The fourth-order valence-corrected chi connectivity index (χ4v) is 4.34. The van der Waals surface area contributed by atoms with Gasteiger partial charge in [0.15, 0.2) is 0 Å². The number of esters is 1. The zero-order valence-electron chi connectivity index (χ0n) is 15.9. The van der Waals surface area contributed by atoms with E-state index in [0.29, 0.717) is 12.0 Å². The highest BCUT2D eigenvalue weighted by molar-refractivity contribution is 7.85. The maximum Gasteiger partial charge on any atom is 0.306 e. The van der Waals surface area contributed by atoms with E-state index in [1.54, 1.807) is 56.4 Å². The van der Waals surface area contributed by atoms with Crippen LogP contribution in [0.1, 0.15) is 38.3 Å². The molecular formula is C20H26O5S2. The predicted molar refractivity (Wildman–Crippen MR) is 107 cm³/mol. The Morgan fingerprint density at radius 2 is 1.81 bits per heavy atom.